The number of thioether (sulfide) groups is 1. The Balaban J connectivity index is 0.00000163. The normalized spacial score (nSPS) is 10.6. The van der Waals surface area contributed by atoms with E-state index in [0.29, 0.717) is 11.0 Å². The van der Waals surface area contributed by atoms with Gasteiger partial charge >= 0.3 is 6.09 Å². The molecule has 1 N–H and O–H groups in total. The summed E-state index contributed by atoms with van der Waals surface area (Å²) in [6, 6.07) is 6.04. The van der Waals surface area contributed by atoms with Crippen LogP contribution in [0.2, 0.25) is 0 Å². The highest BCUT2D eigenvalue weighted by atomic mass is 32.2. The lowest BCUT2D eigenvalue weighted by Crippen LogP contribution is -2.27. The average Bonchev–Trinajstić information content (AvgIpc) is 2.57. The third-order valence-electron chi connectivity index (χ3n) is 3.46. The van der Waals surface area contributed by atoms with Crippen LogP contribution in [0.5, 0.6) is 0 Å². The van der Waals surface area contributed by atoms with Crippen molar-refractivity contribution in [2.45, 2.75) is 59.2 Å². The van der Waals surface area contributed by atoms with Crippen LogP contribution >= 0.6 is 11.8 Å². The topological polar surface area (TPSA) is 64.1 Å². The molecule has 0 unspecified atom stereocenters. The van der Waals surface area contributed by atoms with Gasteiger partial charge in [-0.15, -0.1) is 0 Å². The molecule has 26 heavy (non-hydrogen) atoms. The van der Waals surface area contributed by atoms with Crippen LogP contribution in [-0.4, -0.2) is 27.9 Å². The molecule has 142 valence electrons. The molecule has 5 nitrogen and oxygen atoms in total. The van der Waals surface area contributed by atoms with E-state index in [0.717, 1.165) is 16.7 Å². The summed E-state index contributed by atoms with van der Waals surface area (Å²) in [5, 5.41) is 3.35. The molecule has 0 bridgehead atoms. The van der Waals surface area contributed by atoms with Crippen molar-refractivity contribution < 1.29 is 9.53 Å². The highest BCUT2D eigenvalue weighted by Crippen LogP contribution is 2.31. The van der Waals surface area contributed by atoms with Gasteiger partial charge < -0.3 is 4.74 Å². The van der Waals surface area contributed by atoms with Crippen LogP contribution in [0.15, 0.2) is 29.6 Å². The Hall–Kier alpha value is -2.08. The van der Waals surface area contributed by atoms with Crippen LogP contribution in [0.1, 0.15) is 45.7 Å². The number of hydrogen-bond acceptors (Lipinski definition) is 5. The maximum atomic E-state index is 12.2. The van der Waals surface area contributed by atoms with E-state index in [1.54, 1.807) is 6.20 Å². The lowest BCUT2D eigenvalue weighted by molar-refractivity contribution is 0.0635. The summed E-state index contributed by atoms with van der Waals surface area (Å²) in [6.07, 6.45) is 3.11. The first-order chi connectivity index (χ1) is 12.2. The van der Waals surface area contributed by atoms with E-state index in [4.69, 9.17) is 4.74 Å². The summed E-state index contributed by atoms with van der Waals surface area (Å²) in [5.41, 5.74) is 3.50. The summed E-state index contributed by atoms with van der Waals surface area (Å²) >= 11 is 1.42. The molecule has 2 aromatic rings. The predicted octanol–water partition coefficient (Wildman–Crippen LogP) is 5.86. The Bertz CT molecular complexity index is 755. The molecule has 0 aliphatic carbocycles. The average molecular weight is 376 g/mol. The quantitative estimate of drug-likeness (QED) is 0.538. The van der Waals surface area contributed by atoms with Gasteiger partial charge in [-0.1, -0.05) is 43.8 Å². The van der Waals surface area contributed by atoms with E-state index in [2.05, 4.69) is 28.3 Å². The lowest BCUT2D eigenvalue weighted by atomic mass is 9.98. The van der Waals surface area contributed by atoms with Crippen molar-refractivity contribution in [2.24, 2.45) is 0 Å². The number of ether oxygens (including phenoxy) is 1. The maximum Gasteiger partial charge on any atom is 0.413 e. The molecular formula is C20H29N3O2S. The van der Waals surface area contributed by atoms with Gasteiger partial charge in [0.2, 0.25) is 0 Å². The summed E-state index contributed by atoms with van der Waals surface area (Å²) in [7, 11) is 0. The Labute approximate surface area is 161 Å². The second-order valence-corrected chi connectivity index (χ2v) is 7.27. The van der Waals surface area contributed by atoms with Gasteiger partial charge in [0, 0.05) is 11.8 Å². The summed E-state index contributed by atoms with van der Waals surface area (Å²) in [6.45, 7) is 13.6. The molecule has 1 aromatic heterocycles. The minimum atomic E-state index is -0.571. The summed E-state index contributed by atoms with van der Waals surface area (Å²) in [5.74, 6) is 0.456. The first-order valence-corrected chi connectivity index (χ1v) is 9.91. The standard InChI is InChI=1S/C18H23N3O2S.C2H6/c1-11-8-7-9-13(12(11)2)14-10-19-16(24-6)20-15(14)21-17(22)23-18(3,4)5;1-2/h7-10H,1-6H3,(H,19,20,21,22);1-2H3. The number of rotatable bonds is 3. The Morgan fingerprint density at radius 3 is 2.38 bits per heavy atom. The zero-order valence-electron chi connectivity index (χ0n) is 16.9. The third-order valence-corrected chi connectivity index (χ3v) is 4.03. The molecule has 0 aliphatic heterocycles. The van der Waals surface area contributed by atoms with Crippen LogP contribution in [0.25, 0.3) is 11.1 Å². The summed E-state index contributed by atoms with van der Waals surface area (Å²) in [4.78, 5) is 21.0. The Kier molecular flexibility index (Phi) is 8.08. The predicted molar refractivity (Wildman–Crippen MR) is 110 cm³/mol. The van der Waals surface area contributed by atoms with Crippen molar-refractivity contribution >= 4 is 23.7 Å². The van der Waals surface area contributed by atoms with Crippen molar-refractivity contribution in [3.63, 3.8) is 0 Å². The Morgan fingerprint density at radius 1 is 1.15 bits per heavy atom. The van der Waals surface area contributed by atoms with E-state index in [-0.39, 0.29) is 0 Å². The number of aromatic nitrogens is 2. The number of anilines is 1. The van der Waals surface area contributed by atoms with Crippen molar-refractivity contribution in [3.8, 4) is 11.1 Å². The highest BCUT2D eigenvalue weighted by molar-refractivity contribution is 7.98. The number of benzene rings is 1. The van der Waals surface area contributed by atoms with Crippen molar-refractivity contribution in [3.05, 3.63) is 35.5 Å². The molecule has 0 atom stereocenters. The number of nitrogens with one attached hydrogen (secondary N) is 1. The van der Waals surface area contributed by atoms with Crippen molar-refractivity contribution in [2.75, 3.05) is 11.6 Å². The minimum Gasteiger partial charge on any atom is -0.444 e. The van der Waals surface area contributed by atoms with E-state index >= 15 is 0 Å². The molecule has 2 rings (SSSR count). The van der Waals surface area contributed by atoms with Gasteiger partial charge in [0.05, 0.1) is 0 Å². The van der Waals surface area contributed by atoms with Gasteiger partial charge in [-0.05, 0) is 57.6 Å². The summed E-state index contributed by atoms with van der Waals surface area (Å²) < 4.78 is 5.34. The number of hydrogen-bond donors (Lipinski definition) is 1. The fourth-order valence-corrected chi connectivity index (χ4v) is 2.54. The van der Waals surface area contributed by atoms with Crippen LogP contribution in [0, 0.1) is 13.8 Å². The second-order valence-electron chi connectivity index (χ2n) is 6.49. The van der Waals surface area contributed by atoms with Crippen molar-refractivity contribution in [1.29, 1.82) is 0 Å². The molecule has 6 heteroatoms. The SMILES string of the molecule is CC.CSc1ncc(-c2cccc(C)c2C)c(NC(=O)OC(C)(C)C)n1. The van der Waals surface area contributed by atoms with Crippen LogP contribution in [0.3, 0.4) is 0 Å². The zero-order chi connectivity index (χ0) is 19.9. The van der Waals surface area contributed by atoms with Crippen LogP contribution in [-0.2, 0) is 4.74 Å². The number of carbonyl (C=O) groups excluding carboxylic acids is 1. The first kappa shape index (κ1) is 22.0. The highest BCUT2D eigenvalue weighted by Gasteiger charge is 2.19. The van der Waals surface area contributed by atoms with E-state index < -0.39 is 11.7 Å². The zero-order valence-corrected chi connectivity index (χ0v) is 17.7. The molecule has 0 spiro atoms. The molecule has 0 fully saturated rings. The van der Waals surface area contributed by atoms with Crippen molar-refractivity contribution in [1.82, 2.24) is 9.97 Å². The van der Waals surface area contributed by atoms with Crippen LogP contribution in [0.4, 0.5) is 10.6 Å². The van der Waals surface area contributed by atoms with Gasteiger partial charge in [0.15, 0.2) is 5.16 Å². The number of aryl methyl sites for hydroxylation is 1. The largest absolute Gasteiger partial charge is 0.444 e. The fourth-order valence-electron chi connectivity index (χ4n) is 2.20. The van der Waals surface area contributed by atoms with Gasteiger partial charge in [-0.25, -0.2) is 14.8 Å². The second kappa shape index (κ2) is 9.57. The van der Waals surface area contributed by atoms with Crippen LogP contribution < -0.4 is 5.32 Å². The van der Waals surface area contributed by atoms with E-state index in [1.165, 1.54) is 17.3 Å². The lowest BCUT2D eigenvalue weighted by Gasteiger charge is -2.20. The Morgan fingerprint density at radius 2 is 1.81 bits per heavy atom. The molecule has 1 heterocycles. The number of carbonyl (C=O) groups is 1. The van der Waals surface area contributed by atoms with Gasteiger partial charge in [0.1, 0.15) is 11.4 Å². The molecule has 0 saturated heterocycles. The van der Waals surface area contributed by atoms with E-state index in [1.807, 2.05) is 59.9 Å². The smallest absolute Gasteiger partial charge is 0.413 e. The number of nitrogens with zero attached hydrogens (tertiary/aromatic N) is 2. The number of amides is 1. The minimum absolute atomic E-state index is 0.456. The third kappa shape index (κ3) is 6.02. The molecule has 0 radical (unpaired) electrons. The molecule has 0 saturated carbocycles. The first-order valence-electron chi connectivity index (χ1n) is 8.69. The molecule has 1 amide bonds. The molecule has 0 aliphatic rings. The van der Waals surface area contributed by atoms with Gasteiger partial charge in [-0.2, -0.15) is 0 Å². The monoisotopic (exact) mass is 375 g/mol. The fraction of sp³-hybridized carbons (Fsp3) is 0.450. The molecular weight excluding hydrogens is 346 g/mol. The van der Waals surface area contributed by atoms with Gasteiger partial charge in [-0.3, -0.25) is 5.32 Å². The van der Waals surface area contributed by atoms with E-state index in [9.17, 15) is 4.79 Å². The van der Waals surface area contributed by atoms with Gasteiger partial charge in [0.25, 0.3) is 0 Å². The molecule has 1 aromatic carbocycles. The maximum absolute atomic E-state index is 12.2.